The molecule has 4 amide bonds. The third kappa shape index (κ3) is 2.50. The molecule has 0 unspecified atom stereocenters. The van der Waals surface area contributed by atoms with E-state index in [1.807, 2.05) is 43.3 Å². The van der Waals surface area contributed by atoms with E-state index < -0.39 is 29.3 Å². The van der Waals surface area contributed by atoms with Crippen LogP contribution in [0.5, 0.6) is 0 Å². The highest BCUT2D eigenvalue weighted by Crippen LogP contribution is 2.45. The van der Waals surface area contributed by atoms with Crippen LogP contribution in [0, 0.1) is 12.3 Å². The van der Waals surface area contributed by atoms with E-state index in [0.717, 1.165) is 21.7 Å². The van der Waals surface area contributed by atoms with Gasteiger partial charge in [0.05, 0.1) is 24.9 Å². The van der Waals surface area contributed by atoms with Gasteiger partial charge in [0.15, 0.2) is 5.41 Å². The van der Waals surface area contributed by atoms with E-state index in [1.165, 1.54) is 0 Å². The first-order chi connectivity index (χ1) is 14.0. The first-order valence-electron chi connectivity index (χ1n) is 9.71. The minimum atomic E-state index is -1.42. The molecule has 7 nitrogen and oxygen atoms in total. The predicted octanol–water partition coefficient (Wildman–Crippen LogP) is 2.03. The molecule has 148 valence electrons. The molecule has 2 aromatic carbocycles. The Kier molecular flexibility index (Phi) is 3.96. The largest absolute Gasteiger partial charge is 0.377 e. The van der Waals surface area contributed by atoms with Crippen LogP contribution in [-0.2, 0) is 20.7 Å². The van der Waals surface area contributed by atoms with Crippen LogP contribution in [0.4, 0.5) is 16.2 Å². The molecule has 5 rings (SSSR count). The fraction of sp³-hybridized carbons (Fsp3) is 0.318. The number of barbiturate groups is 1. The van der Waals surface area contributed by atoms with Gasteiger partial charge in [-0.3, -0.25) is 14.9 Å². The minimum absolute atomic E-state index is 0.230. The van der Waals surface area contributed by atoms with Gasteiger partial charge in [0, 0.05) is 12.2 Å². The van der Waals surface area contributed by atoms with Crippen molar-refractivity contribution in [1.29, 1.82) is 0 Å². The fourth-order valence-corrected chi connectivity index (χ4v) is 4.69. The Hall–Kier alpha value is -3.19. The lowest BCUT2D eigenvalue weighted by molar-refractivity contribution is -0.146. The number of nitrogens with one attached hydrogen (secondary N) is 1. The minimum Gasteiger partial charge on any atom is -0.377 e. The summed E-state index contributed by atoms with van der Waals surface area (Å²) in [6.07, 6.45) is 0.230. The summed E-state index contributed by atoms with van der Waals surface area (Å²) < 4.78 is 5.68. The normalized spacial score (nSPS) is 26.2. The summed E-state index contributed by atoms with van der Waals surface area (Å²) in [6.45, 7) is 3.30. The number of urea groups is 1. The molecule has 0 saturated carbocycles. The van der Waals surface area contributed by atoms with Crippen molar-refractivity contribution in [2.24, 2.45) is 5.41 Å². The van der Waals surface area contributed by atoms with Gasteiger partial charge in [-0.05, 0) is 37.1 Å². The van der Waals surface area contributed by atoms with Crippen molar-refractivity contribution < 1.29 is 19.1 Å². The van der Waals surface area contributed by atoms with E-state index >= 15 is 0 Å². The lowest BCUT2D eigenvalue weighted by atomic mass is 9.68. The second kappa shape index (κ2) is 6.42. The van der Waals surface area contributed by atoms with Gasteiger partial charge in [-0.15, -0.1) is 0 Å². The second-order valence-electron chi connectivity index (χ2n) is 7.80. The maximum atomic E-state index is 13.8. The Labute approximate surface area is 168 Å². The first kappa shape index (κ1) is 17.9. The van der Waals surface area contributed by atoms with Crippen LogP contribution >= 0.6 is 0 Å². The average molecular weight is 391 g/mol. The zero-order chi connectivity index (χ0) is 20.2. The van der Waals surface area contributed by atoms with E-state index in [1.54, 1.807) is 12.1 Å². The molecule has 3 aliphatic rings. The third-order valence-corrected chi connectivity index (χ3v) is 6.17. The molecule has 0 aliphatic carbocycles. The molecular weight excluding hydrogens is 370 g/mol. The van der Waals surface area contributed by atoms with Crippen molar-refractivity contribution in [2.75, 3.05) is 29.6 Å². The topological polar surface area (TPSA) is 79.0 Å². The van der Waals surface area contributed by atoms with Crippen molar-refractivity contribution >= 4 is 29.2 Å². The van der Waals surface area contributed by atoms with Gasteiger partial charge in [0.1, 0.15) is 0 Å². The number of morpholine rings is 1. The van der Waals surface area contributed by atoms with Crippen molar-refractivity contribution in [2.45, 2.75) is 19.4 Å². The maximum absolute atomic E-state index is 13.8. The summed E-state index contributed by atoms with van der Waals surface area (Å²) in [7, 11) is 0. The molecule has 2 fully saturated rings. The first-order valence-corrected chi connectivity index (χ1v) is 9.71. The Bertz CT molecular complexity index is 1020. The molecule has 3 aliphatic heterocycles. The summed E-state index contributed by atoms with van der Waals surface area (Å²) in [4.78, 5) is 42.9. The van der Waals surface area contributed by atoms with Crippen LogP contribution in [-0.4, -0.2) is 43.6 Å². The number of para-hydroxylation sites is 1. The van der Waals surface area contributed by atoms with Gasteiger partial charge >= 0.3 is 6.03 Å². The number of hydrogen-bond acceptors (Lipinski definition) is 5. The van der Waals surface area contributed by atoms with Crippen molar-refractivity contribution in [1.82, 2.24) is 5.32 Å². The molecule has 1 N–H and O–H groups in total. The van der Waals surface area contributed by atoms with Crippen molar-refractivity contribution in [3.63, 3.8) is 0 Å². The number of fused-ring (bicyclic) bond motifs is 4. The van der Waals surface area contributed by atoms with E-state index in [-0.39, 0.29) is 13.0 Å². The summed E-state index contributed by atoms with van der Waals surface area (Å²) in [5.74, 6) is -1.05. The van der Waals surface area contributed by atoms with E-state index in [0.29, 0.717) is 18.8 Å². The van der Waals surface area contributed by atoms with Gasteiger partial charge in [-0.2, -0.15) is 0 Å². The van der Waals surface area contributed by atoms with Crippen molar-refractivity contribution in [3.8, 4) is 0 Å². The standard InChI is InChI=1S/C22H21N3O4/c1-14-6-8-16(9-7-14)25-20(27)22(19(26)23-21(25)28)12-15-4-2-3-5-17(15)24-10-11-29-13-18(22)24/h2-9,18H,10-13H2,1H3,(H,23,26,28)/t18-,22+/m0/s1. The number of nitrogens with zero attached hydrogens (tertiary/aromatic N) is 2. The van der Waals surface area contributed by atoms with Gasteiger partial charge < -0.3 is 9.64 Å². The Morgan fingerprint density at radius 2 is 1.83 bits per heavy atom. The fourth-order valence-electron chi connectivity index (χ4n) is 4.69. The zero-order valence-corrected chi connectivity index (χ0v) is 16.1. The van der Waals surface area contributed by atoms with Gasteiger partial charge in [-0.25, -0.2) is 9.69 Å². The average Bonchev–Trinajstić information content (AvgIpc) is 2.73. The number of carbonyl (C=O) groups is 3. The molecule has 2 saturated heterocycles. The Balaban J connectivity index is 1.66. The van der Waals surface area contributed by atoms with Gasteiger partial charge in [0.25, 0.3) is 5.91 Å². The molecule has 1 spiro atoms. The maximum Gasteiger partial charge on any atom is 0.335 e. The summed E-state index contributed by atoms with van der Waals surface area (Å²) >= 11 is 0. The number of aryl methyl sites for hydroxylation is 1. The monoisotopic (exact) mass is 391 g/mol. The SMILES string of the molecule is Cc1ccc(N2C(=O)NC(=O)[C@]3(Cc4ccccc4N4CCOC[C@H]43)C2=O)cc1. The van der Waals surface area contributed by atoms with Crippen molar-refractivity contribution in [3.05, 3.63) is 59.7 Å². The number of hydrogen-bond donors (Lipinski definition) is 1. The molecule has 0 aromatic heterocycles. The van der Waals surface area contributed by atoms with E-state index in [9.17, 15) is 14.4 Å². The van der Waals surface area contributed by atoms with Gasteiger partial charge in [-0.1, -0.05) is 35.9 Å². The highest BCUT2D eigenvalue weighted by atomic mass is 16.5. The highest BCUT2D eigenvalue weighted by Gasteiger charge is 2.62. The number of anilines is 2. The molecule has 2 aromatic rings. The lowest BCUT2D eigenvalue weighted by Crippen LogP contribution is -2.74. The molecule has 2 atom stereocenters. The number of ether oxygens (including phenoxy) is 1. The highest BCUT2D eigenvalue weighted by molar-refractivity contribution is 6.30. The van der Waals surface area contributed by atoms with E-state index in [2.05, 4.69) is 10.2 Å². The van der Waals surface area contributed by atoms with Crippen LogP contribution in [0.1, 0.15) is 11.1 Å². The van der Waals surface area contributed by atoms with Crippen LogP contribution in [0.15, 0.2) is 48.5 Å². The Morgan fingerprint density at radius 1 is 1.07 bits per heavy atom. The number of carbonyl (C=O) groups excluding carboxylic acids is 3. The lowest BCUT2D eigenvalue weighted by Gasteiger charge is -2.53. The third-order valence-electron chi connectivity index (χ3n) is 6.17. The van der Waals surface area contributed by atoms with Gasteiger partial charge in [0.2, 0.25) is 5.91 Å². The van der Waals surface area contributed by atoms with E-state index in [4.69, 9.17) is 4.74 Å². The number of rotatable bonds is 1. The molecule has 0 bridgehead atoms. The smallest absolute Gasteiger partial charge is 0.335 e. The molecule has 7 heteroatoms. The quantitative estimate of drug-likeness (QED) is 0.753. The predicted molar refractivity (Wildman–Crippen MR) is 107 cm³/mol. The molecular formula is C22H21N3O4. The molecule has 0 radical (unpaired) electrons. The summed E-state index contributed by atoms with van der Waals surface area (Å²) in [5, 5.41) is 2.44. The number of amides is 4. The second-order valence-corrected chi connectivity index (χ2v) is 7.80. The van der Waals surface area contributed by atoms with Crippen LogP contribution in [0.3, 0.4) is 0 Å². The molecule has 3 heterocycles. The Morgan fingerprint density at radius 3 is 2.62 bits per heavy atom. The summed E-state index contributed by atoms with van der Waals surface area (Å²) in [5.41, 5.74) is 1.99. The van der Waals surface area contributed by atoms with Crippen LogP contribution in [0.25, 0.3) is 0 Å². The zero-order valence-electron chi connectivity index (χ0n) is 16.1. The summed E-state index contributed by atoms with van der Waals surface area (Å²) in [6, 6.07) is 13.7. The number of imide groups is 2. The number of benzene rings is 2. The van der Waals surface area contributed by atoms with Crippen LogP contribution < -0.4 is 15.1 Å². The molecule has 29 heavy (non-hydrogen) atoms. The van der Waals surface area contributed by atoms with Crippen LogP contribution in [0.2, 0.25) is 0 Å².